The van der Waals surface area contributed by atoms with Crippen LogP contribution >= 0.6 is 0 Å². The fraction of sp³-hybridized carbons (Fsp3) is 0.286. The van der Waals surface area contributed by atoms with Gasteiger partial charge in [0.15, 0.2) is 28.8 Å². The minimum Gasteiger partial charge on any atom is -0.493 e. The summed E-state index contributed by atoms with van der Waals surface area (Å²) in [6.45, 7) is 10.0. The van der Waals surface area contributed by atoms with Gasteiger partial charge in [-0.3, -0.25) is 14.6 Å². The van der Waals surface area contributed by atoms with E-state index in [1.807, 2.05) is 38.1 Å². The highest BCUT2D eigenvalue weighted by Crippen LogP contribution is 2.38. The molecule has 272 valence electrons. The van der Waals surface area contributed by atoms with Crippen LogP contribution in [0.3, 0.4) is 0 Å². The van der Waals surface area contributed by atoms with Crippen LogP contribution in [0.5, 0.6) is 23.0 Å². The Morgan fingerprint density at radius 1 is 0.925 bits per heavy atom. The van der Waals surface area contributed by atoms with E-state index in [0.29, 0.717) is 45.7 Å². The first-order chi connectivity index (χ1) is 25.7. The number of para-hydroxylation sites is 1. The Kier molecular flexibility index (Phi) is 10.4. The molecule has 0 unspecified atom stereocenters. The third-order valence-electron chi connectivity index (χ3n) is 9.74. The quantitative estimate of drug-likeness (QED) is 0.134. The van der Waals surface area contributed by atoms with E-state index in [4.69, 9.17) is 14.2 Å². The van der Waals surface area contributed by atoms with Crippen molar-refractivity contribution in [2.45, 2.75) is 40.0 Å². The van der Waals surface area contributed by atoms with Crippen molar-refractivity contribution in [2.24, 2.45) is 5.92 Å². The maximum atomic E-state index is 15.6. The van der Waals surface area contributed by atoms with Crippen molar-refractivity contribution in [3.63, 3.8) is 0 Å². The molecular formula is C42H42FN5O5. The lowest BCUT2D eigenvalue weighted by Crippen LogP contribution is -2.34. The van der Waals surface area contributed by atoms with E-state index >= 15 is 4.39 Å². The molecule has 0 spiro atoms. The fourth-order valence-corrected chi connectivity index (χ4v) is 6.77. The van der Waals surface area contributed by atoms with Crippen LogP contribution in [0.2, 0.25) is 0 Å². The summed E-state index contributed by atoms with van der Waals surface area (Å²) in [5, 5.41) is 8.08. The number of fused-ring (bicyclic) bond motifs is 2. The number of carbonyl (C=O) groups is 1. The number of methoxy groups -OCH3 is 1. The van der Waals surface area contributed by atoms with E-state index in [1.54, 1.807) is 54.4 Å². The lowest BCUT2D eigenvalue weighted by atomic mass is 9.99. The predicted molar refractivity (Wildman–Crippen MR) is 204 cm³/mol. The van der Waals surface area contributed by atoms with Gasteiger partial charge in [0.1, 0.15) is 5.75 Å². The largest absolute Gasteiger partial charge is 0.493 e. The Morgan fingerprint density at radius 2 is 1.74 bits per heavy atom. The molecule has 11 heteroatoms. The number of halogens is 1. The summed E-state index contributed by atoms with van der Waals surface area (Å²) < 4.78 is 34.9. The lowest BCUT2D eigenvalue weighted by molar-refractivity contribution is 0.102. The van der Waals surface area contributed by atoms with Crippen molar-refractivity contribution in [1.29, 1.82) is 0 Å². The van der Waals surface area contributed by atoms with E-state index < -0.39 is 17.2 Å². The molecule has 53 heavy (non-hydrogen) atoms. The van der Waals surface area contributed by atoms with E-state index in [-0.39, 0.29) is 17.1 Å². The number of amides is 1. The molecule has 0 radical (unpaired) electrons. The smallest absolute Gasteiger partial charge is 0.280 e. The van der Waals surface area contributed by atoms with Crippen LogP contribution in [0.25, 0.3) is 27.5 Å². The number of aryl methyl sites for hydroxylation is 2. The Morgan fingerprint density at radius 3 is 2.51 bits per heavy atom. The van der Waals surface area contributed by atoms with Gasteiger partial charge in [0.25, 0.3) is 5.91 Å². The first kappa shape index (κ1) is 35.6. The van der Waals surface area contributed by atoms with Crippen molar-refractivity contribution in [3.05, 3.63) is 118 Å². The van der Waals surface area contributed by atoms with Crippen LogP contribution < -0.4 is 25.0 Å². The molecular weight excluding hydrogens is 673 g/mol. The lowest BCUT2D eigenvalue weighted by Gasteiger charge is -2.30. The average molecular weight is 716 g/mol. The summed E-state index contributed by atoms with van der Waals surface area (Å²) in [6, 6.07) is 22.1. The molecule has 3 heterocycles. The zero-order valence-electron chi connectivity index (χ0n) is 30.3. The highest BCUT2D eigenvalue weighted by Gasteiger charge is 2.21. The average Bonchev–Trinajstić information content (AvgIpc) is 3.15. The number of aromatic nitrogens is 3. The van der Waals surface area contributed by atoms with Crippen LogP contribution in [0.4, 0.5) is 10.1 Å². The van der Waals surface area contributed by atoms with Gasteiger partial charge in [-0.1, -0.05) is 36.8 Å². The number of rotatable bonds is 11. The topological polar surface area (TPSA) is 108 Å². The highest BCUT2D eigenvalue weighted by molar-refractivity contribution is 6.04. The first-order valence-electron chi connectivity index (χ1n) is 17.9. The van der Waals surface area contributed by atoms with E-state index in [0.717, 1.165) is 54.9 Å². The molecule has 0 bridgehead atoms. The second-order valence-corrected chi connectivity index (χ2v) is 13.7. The normalized spacial score (nSPS) is 13.7. The number of hydrogen-bond donors (Lipinski definition) is 1. The summed E-state index contributed by atoms with van der Waals surface area (Å²) in [6.07, 6.45) is 4.95. The van der Waals surface area contributed by atoms with Gasteiger partial charge in [0.05, 0.1) is 35.8 Å². The van der Waals surface area contributed by atoms with E-state index in [1.165, 1.54) is 25.0 Å². The Labute approximate surface area is 307 Å². The number of hydrogen-bond acceptors (Lipinski definition) is 8. The Hall–Kier alpha value is -5.81. The number of anilines is 1. The maximum absolute atomic E-state index is 15.6. The van der Waals surface area contributed by atoms with Gasteiger partial charge in [0.2, 0.25) is 5.43 Å². The highest BCUT2D eigenvalue weighted by atomic mass is 19.1. The molecule has 6 aromatic rings. The molecule has 4 aromatic carbocycles. The van der Waals surface area contributed by atoms with Crippen molar-refractivity contribution in [2.75, 3.05) is 38.7 Å². The molecule has 1 saturated heterocycles. The summed E-state index contributed by atoms with van der Waals surface area (Å²) in [5.74, 6) is 0.695. The standard InChI is InChI=1S/C42H42FN5O5/c1-26-15-19-47(20-16-26)18-7-21-52-39-25-33-31(24-38(39)51-4)36(14-17-44-33)53-37-13-11-29(23-32(37)43)45-42(50)40-41(49)30-8-5-6-9-35(30)48(46-40)34-12-10-27(2)22-28(34)3/h5-6,8-14,17,22-26H,7,15-16,18-21H2,1-4H3,(H,45,50). The number of carbonyl (C=O) groups excluding carboxylic acids is 1. The fourth-order valence-electron chi connectivity index (χ4n) is 6.77. The van der Waals surface area contributed by atoms with Gasteiger partial charge < -0.3 is 24.4 Å². The third-order valence-corrected chi connectivity index (χ3v) is 9.74. The second-order valence-electron chi connectivity index (χ2n) is 13.7. The van der Waals surface area contributed by atoms with Crippen molar-refractivity contribution < 1.29 is 23.4 Å². The monoisotopic (exact) mass is 715 g/mol. The summed E-state index contributed by atoms with van der Waals surface area (Å²) in [7, 11) is 1.57. The molecule has 1 aliphatic rings. The van der Waals surface area contributed by atoms with Crippen LogP contribution in [0.15, 0.2) is 89.9 Å². The molecule has 1 amide bonds. The molecule has 2 aromatic heterocycles. The number of likely N-dealkylation sites (tertiary alicyclic amines) is 1. The molecule has 7 rings (SSSR count). The summed E-state index contributed by atoms with van der Waals surface area (Å²) in [4.78, 5) is 34.0. The SMILES string of the molecule is COc1cc2c(Oc3ccc(NC(=O)c4nn(-c5ccc(C)cc5C)c5ccccc5c4=O)cc3F)ccnc2cc1OCCCN1CCC(C)CC1. The molecule has 1 N–H and O–H groups in total. The molecule has 0 atom stereocenters. The van der Waals surface area contributed by atoms with Crippen LogP contribution in [-0.2, 0) is 0 Å². The second kappa shape index (κ2) is 15.4. The molecule has 0 aliphatic carbocycles. The Balaban J connectivity index is 1.08. The molecule has 0 saturated carbocycles. The number of benzene rings is 4. The number of ether oxygens (including phenoxy) is 3. The van der Waals surface area contributed by atoms with E-state index in [9.17, 15) is 9.59 Å². The van der Waals surface area contributed by atoms with E-state index in [2.05, 4.69) is 27.2 Å². The van der Waals surface area contributed by atoms with Crippen LogP contribution in [-0.4, -0.2) is 58.9 Å². The number of piperidine rings is 1. The number of pyridine rings is 1. The van der Waals surface area contributed by atoms with Crippen molar-refractivity contribution in [1.82, 2.24) is 19.7 Å². The maximum Gasteiger partial charge on any atom is 0.280 e. The van der Waals surface area contributed by atoms with Crippen molar-refractivity contribution >= 4 is 33.4 Å². The third kappa shape index (κ3) is 7.71. The van der Waals surface area contributed by atoms with Crippen LogP contribution in [0.1, 0.15) is 47.8 Å². The minimum absolute atomic E-state index is 0.0667. The zero-order chi connectivity index (χ0) is 37.1. The van der Waals surface area contributed by atoms with Gasteiger partial charge in [-0.2, -0.15) is 5.10 Å². The van der Waals surface area contributed by atoms with Gasteiger partial charge in [0, 0.05) is 35.9 Å². The molecule has 10 nitrogen and oxygen atoms in total. The zero-order valence-corrected chi connectivity index (χ0v) is 30.3. The van der Waals surface area contributed by atoms with Gasteiger partial charge in [-0.25, -0.2) is 9.07 Å². The van der Waals surface area contributed by atoms with Gasteiger partial charge in [-0.05, 0) is 100 Å². The molecule has 1 fully saturated rings. The Bertz CT molecular complexity index is 2370. The molecule has 1 aliphatic heterocycles. The van der Waals surface area contributed by atoms with Gasteiger partial charge in [-0.15, -0.1) is 0 Å². The number of nitrogens with one attached hydrogen (secondary N) is 1. The summed E-state index contributed by atoms with van der Waals surface area (Å²) in [5.41, 5.74) is 3.18. The predicted octanol–water partition coefficient (Wildman–Crippen LogP) is 8.24. The van der Waals surface area contributed by atoms with Crippen LogP contribution in [0, 0.1) is 25.6 Å². The summed E-state index contributed by atoms with van der Waals surface area (Å²) >= 11 is 0. The minimum atomic E-state index is -0.765. The number of nitrogens with zero attached hydrogens (tertiary/aromatic N) is 4. The first-order valence-corrected chi connectivity index (χ1v) is 17.9. The van der Waals surface area contributed by atoms with Crippen molar-refractivity contribution in [3.8, 4) is 28.7 Å². The van der Waals surface area contributed by atoms with Gasteiger partial charge >= 0.3 is 0 Å².